The third-order valence-corrected chi connectivity index (χ3v) is 4.46. The molecule has 2 unspecified atom stereocenters. The number of aryl methyl sites for hydroxylation is 1. The van der Waals surface area contributed by atoms with E-state index in [0.717, 1.165) is 16.9 Å². The number of nitrogens with two attached hydrogens (primary N) is 1. The topological polar surface area (TPSA) is 35.2 Å². The molecule has 3 rings (SSSR count). The van der Waals surface area contributed by atoms with Crippen molar-refractivity contribution in [3.8, 4) is 5.75 Å². The molecule has 1 aliphatic rings. The molecule has 104 valence electrons. The zero-order valence-corrected chi connectivity index (χ0v) is 12.6. The van der Waals surface area contributed by atoms with Crippen LogP contribution in [-0.2, 0) is 0 Å². The summed E-state index contributed by atoms with van der Waals surface area (Å²) in [5.74, 6) is 0.829. The van der Waals surface area contributed by atoms with E-state index in [9.17, 15) is 0 Å². The molecule has 0 aliphatic carbocycles. The highest BCUT2D eigenvalue weighted by molar-refractivity contribution is 6.42. The Morgan fingerprint density at radius 2 is 1.95 bits per heavy atom. The fourth-order valence-corrected chi connectivity index (χ4v) is 3.01. The average Bonchev–Trinajstić information content (AvgIpc) is 2.42. The molecule has 2 aromatic carbocycles. The summed E-state index contributed by atoms with van der Waals surface area (Å²) in [6.07, 6.45) is 0.530. The van der Waals surface area contributed by atoms with Gasteiger partial charge in [0.05, 0.1) is 10.0 Å². The van der Waals surface area contributed by atoms with E-state index in [0.29, 0.717) is 16.5 Å². The monoisotopic (exact) mass is 307 g/mol. The van der Waals surface area contributed by atoms with E-state index in [1.54, 1.807) is 6.07 Å². The van der Waals surface area contributed by atoms with Gasteiger partial charge in [-0.1, -0.05) is 53.0 Å². The highest BCUT2D eigenvalue weighted by Crippen LogP contribution is 2.42. The number of rotatable bonds is 1. The largest absolute Gasteiger partial charge is 0.485 e. The first-order valence-corrected chi connectivity index (χ1v) is 7.28. The highest BCUT2D eigenvalue weighted by Gasteiger charge is 2.28. The van der Waals surface area contributed by atoms with Crippen molar-refractivity contribution in [2.45, 2.75) is 25.5 Å². The molecular weight excluding hydrogens is 293 g/mol. The maximum atomic E-state index is 6.28. The lowest BCUT2D eigenvalue weighted by Gasteiger charge is -2.31. The molecule has 1 heterocycles. The predicted octanol–water partition coefficient (Wildman–Crippen LogP) is 4.83. The Bertz CT molecular complexity index is 657. The van der Waals surface area contributed by atoms with E-state index in [1.165, 1.54) is 5.56 Å². The molecule has 1 aliphatic heterocycles. The third kappa shape index (κ3) is 2.39. The van der Waals surface area contributed by atoms with Gasteiger partial charge < -0.3 is 10.5 Å². The molecular formula is C16H15Cl2NO. The van der Waals surface area contributed by atoms with Gasteiger partial charge in [0.1, 0.15) is 11.9 Å². The van der Waals surface area contributed by atoms with Crippen LogP contribution in [0.3, 0.4) is 0 Å². The van der Waals surface area contributed by atoms with Gasteiger partial charge in [-0.25, -0.2) is 0 Å². The maximum Gasteiger partial charge on any atom is 0.127 e. The number of hydrogen-bond donors (Lipinski definition) is 1. The lowest BCUT2D eigenvalue weighted by atomic mass is 9.92. The molecule has 2 atom stereocenters. The van der Waals surface area contributed by atoms with E-state index in [2.05, 4.69) is 6.07 Å². The summed E-state index contributed by atoms with van der Waals surface area (Å²) >= 11 is 12.3. The van der Waals surface area contributed by atoms with Crippen LogP contribution in [0, 0.1) is 6.92 Å². The van der Waals surface area contributed by atoms with Gasteiger partial charge in [-0.2, -0.15) is 0 Å². The molecule has 0 aromatic heterocycles. The zero-order valence-electron chi connectivity index (χ0n) is 11.1. The van der Waals surface area contributed by atoms with E-state index >= 15 is 0 Å². The Balaban J connectivity index is 1.99. The van der Waals surface area contributed by atoms with Crippen molar-refractivity contribution in [1.29, 1.82) is 0 Å². The van der Waals surface area contributed by atoms with Crippen LogP contribution in [0.1, 0.15) is 35.3 Å². The van der Waals surface area contributed by atoms with Crippen LogP contribution < -0.4 is 10.5 Å². The maximum absolute atomic E-state index is 6.28. The van der Waals surface area contributed by atoms with Crippen LogP contribution in [0.25, 0.3) is 0 Å². The quantitative estimate of drug-likeness (QED) is 0.819. The molecule has 2 nitrogen and oxygen atoms in total. The molecule has 0 spiro atoms. The lowest BCUT2D eigenvalue weighted by Crippen LogP contribution is -2.24. The molecule has 4 heteroatoms. The lowest BCUT2D eigenvalue weighted by molar-refractivity contribution is 0.161. The van der Waals surface area contributed by atoms with Crippen molar-refractivity contribution in [3.05, 3.63) is 63.1 Å². The van der Waals surface area contributed by atoms with Crippen molar-refractivity contribution in [1.82, 2.24) is 0 Å². The molecule has 2 N–H and O–H groups in total. The number of hydrogen-bond acceptors (Lipinski definition) is 2. The number of fused-ring (bicyclic) bond motifs is 1. The number of halogens is 2. The van der Waals surface area contributed by atoms with Crippen LogP contribution in [-0.4, -0.2) is 0 Å². The van der Waals surface area contributed by atoms with Gasteiger partial charge in [0.2, 0.25) is 0 Å². The fourth-order valence-electron chi connectivity index (χ4n) is 2.58. The molecule has 2 aromatic rings. The second kappa shape index (κ2) is 5.28. The number of benzene rings is 2. The second-order valence-corrected chi connectivity index (χ2v) is 5.92. The van der Waals surface area contributed by atoms with Gasteiger partial charge in [0.25, 0.3) is 0 Å². The average molecular weight is 308 g/mol. The van der Waals surface area contributed by atoms with E-state index in [1.807, 2.05) is 31.2 Å². The number of ether oxygens (including phenoxy) is 1. The molecule has 0 bridgehead atoms. The van der Waals surface area contributed by atoms with Crippen molar-refractivity contribution in [2.24, 2.45) is 5.73 Å². The summed E-state index contributed by atoms with van der Waals surface area (Å²) in [5, 5.41) is 1.08. The van der Waals surface area contributed by atoms with Crippen molar-refractivity contribution >= 4 is 23.2 Å². The minimum atomic E-state index is -0.161. The predicted molar refractivity (Wildman–Crippen MR) is 82.6 cm³/mol. The Morgan fingerprint density at radius 1 is 1.15 bits per heavy atom. The first-order valence-electron chi connectivity index (χ1n) is 6.53. The van der Waals surface area contributed by atoms with Crippen LogP contribution >= 0.6 is 23.2 Å². The second-order valence-electron chi connectivity index (χ2n) is 5.13. The Hall–Kier alpha value is -1.22. The minimum absolute atomic E-state index is 0.0568. The summed E-state index contributed by atoms with van der Waals surface area (Å²) in [4.78, 5) is 0. The highest BCUT2D eigenvalue weighted by atomic mass is 35.5. The summed E-state index contributed by atoms with van der Waals surface area (Å²) in [5.41, 5.74) is 9.40. The summed E-state index contributed by atoms with van der Waals surface area (Å²) in [6, 6.07) is 11.6. The van der Waals surface area contributed by atoms with Crippen molar-refractivity contribution in [3.63, 3.8) is 0 Å². The van der Waals surface area contributed by atoms with Gasteiger partial charge in [-0.05, 0) is 19.1 Å². The molecule has 0 amide bonds. The molecule has 20 heavy (non-hydrogen) atoms. The Labute approximate surface area is 128 Å². The Morgan fingerprint density at radius 3 is 2.75 bits per heavy atom. The van der Waals surface area contributed by atoms with E-state index < -0.39 is 0 Å². The van der Waals surface area contributed by atoms with Gasteiger partial charge in [-0.15, -0.1) is 0 Å². The van der Waals surface area contributed by atoms with E-state index in [4.69, 9.17) is 33.7 Å². The van der Waals surface area contributed by atoms with Gasteiger partial charge in [0, 0.05) is 23.6 Å². The molecule has 0 fully saturated rings. The van der Waals surface area contributed by atoms with Crippen LogP contribution in [0.2, 0.25) is 10.0 Å². The van der Waals surface area contributed by atoms with Crippen LogP contribution in [0.4, 0.5) is 0 Å². The first-order chi connectivity index (χ1) is 9.56. The first kappa shape index (κ1) is 13.7. The normalized spacial score (nSPS) is 21.2. The summed E-state index contributed by atoms with van der Waals surface area (Å²) in [7, 11) is 0. The SMILES string of the molecule is Cc1ccc2c(c1)C(N)CC(c1cccc(Cl)c1Cl)O2. The molecule has 0 saturated carbocycles. The van der Waals surface area contributed by atoms with E-state index in [-0.39, 0.29) is 12.1 Å². The van der Waals surface area contributed by atoms with Crippen LogP contribution in [0.15, 0.2) is 36.4 Å². The van der Waals surface area contributed by atoms with Gasteiger partial charge in [-0.3, -0.25) is 0 Å². The fraction of sp³-hybridized carbons (Fsp3) is 0.250. The van der Waals surface area contributed by atoms with Crippen molar-refractivity contribution < 1.29 is 4.74 Å². The van der Waals surface area contributed by atoms with Crippen molar-refractivity contribution in [2.75, 3.05) is 0 Å². The Kier molecular flexibility index (Phi) is 3.63. The summed E-state index contributed by atoms with van der Waals surface area (Å²) in [6.45, 7) is 2.05. The summed E-state index contributed by atoms with van der Waals surface area (Å²) < 4.78 is 6.06. The van der Waals surface area contributed by atoms with Gasteiger partial charge >= 0.3 is 0 Å². The minimum Gasteiger partial charge on any atom is -0.485 e. The molecule has 0 saturated heterocycles. The zero-order chi connectivity index (χ0) is 14.3. The third-order valence-electron chi connectivity index (χ3n) is 3.63. The molecule has 0 radical (unpaired) electrons. The standard InChI is InChI=1S/C16H15Cl2NO/c1-9-5-6-14-11(7-9)13(19)8-15(20-14)10-3-2-4-12(17)16(10)18/h2-7,13,15H,8,19H2,1H3. The smallest absolute Gasteiger partial charge is 0.127 e. The van der Waals surface area contributed by atoms with Gasteiger partial charge in [0.15, 0.2) is 0 Å². The van der Waals surface area contributed by atoms with Crippen LogP contribution in [0.5, 0.6) is 5.75 Å².